The second-order valence-electron chi connectivity index (χ2n) is 31.0. The molecule has 0 spiro atoms. The molecule has 0 aliphatic heterocycles. The van der Waals surface area contributed by atoms with Crippen LogP contribution in [-0.2, 0) is 24.7 Å². The predicted molar refractivity (Wildman–Crippen MR) is 482 cm³/mol. The van der Waals surface area contributed by atoms with Crippen LogP contribution in [0, 0.1) is 55.4 Å². The van der Waals surface area contributed by atoms with Gasteiger partial charge in [-0.05, 0) is 294 Å². The number of hydrogen-bond donors (Lipinski definition) is 0. The highest BCUT2D eigenvalue weighted by Crippen LogP contribution is 2.58. The standard InChI is InChI=1S/C53H56Br2.C49H53Br2N3/c1-7-9-11-13-15-39-17-23-43(24-18-39)53(44-25-19-40(20-26-44)16-14-12-10-8-2)49-33-41(51-35(3)29-45(54)30-36(51)4)21-27-47(49)48-28-22-42(34-50(48)53)52-37(5)31-46(55)32-38(52)6;1-6-7-8-9-10-11-12-13-14-15-16-37-17-19-40(20-18-37)47-52-48(41-25-21-38(22-26-41)45-33(2)29-43(50)30-34(45)3)54-49(53-47)42-27-23-39(24-28-42)46-35(4)31-44(51)32-36(46)5/h17-34H,7-16H2,1-6H3;17-32H,6-16H2,1-5H3. The molecule has 0 N–H and O–H groups in total. The molecule has 0 saturated heterocycles. The molecule has 1 aliphatic carbocycles. The van der Waals surface area contributed by atoms with Crippen LogP contribution >= 0.6 is 63.7 Å². The van der Waals surface area contributed by atoms with Crippen LogP contribution in [0.4, 0.5) is 0 Å². The Labute approximate surface area is 686 Å². The highest BCUT2D eigenvalue weighted by molar-refractivity contribution is 9.11. The summed E-state index contributed by atoms with van der Waals surface area (Å²) in [5.41, 5.74) is 34.9. The highest BCUT2D eigenvalue weighted by Gasteiger charge is 2.47. The van der Waals surface area contributed by atoms with Crippen molar-refractivity contribution in [3.8, 4) is 89.8 Å². The maximum Gasteiger partial charge on any atom is 0.164 e. The average molecular weight is 1700 g/mol. The molecule has 12 aromatic rings. The van der Waals surface area contributed by atoms with Crippen molar-refractivity contribution in [2.24, 2.45) is 0 Å². The van der Waals surface area contributed by atoms with Gasteiger partial charge >= 0.3 is 0 Å². The molecule has 0 radical (unpaired) electrons. The van der Waals surface area contributed by atoms with E-state index in [1.54, 1.807) is 0 Å². The van der Waals surface area contributed by atoms with Crippen LogP contribution in [0.15, 0.2) is 224 Å². The summed E-state index contributed by atoms with van der Waals surface area (Å²) in [6, 6.07) is 78.0. The van der Waals surface area contributed by atoms with Crippen molar-refractivity contribution in [1.29, 1.82) is 0 Å². The fourth-order valence-corrected chi connectivity index (χ4v) is 20.0. The average Bonchev–Trinajstić information content (AvgIpc) is 1.54. The Bertz CT molecular complexity index is 4710. The largest absolute Gasteiger partial charge is 0.208 e. The number of aromatic nitrogens is 3. The monoisotopic (exact) mass is 1690 g/mol. The third-order valence-electron chi connectivity index (χ3n) is 22.6. The number of benzene rings is 11. The lowest BCUT2D eigenvalue weighted by Gasteiger charge is -2.35. The quantitative estimate of drug-likeness (QED) is 0.0421. The molecule has 0 fully saturated rings. The minimum Gasteiger partial charge on any atom is -0.208 e. The van der Waals surface area contributed by atoms with Crippen LogP contribution in [0.25, 0.3) is 89.8 Å². The number of hydrogen-bond acceptors (Lipinski definition) is 3. The SMILES string of the molecule is CCCCCCCCCCCCc1ccc(-c2nc(-c3ccc(-c4c(C)cc(Br)cc4C)cc3)nc(-c3ccc(-c4c(C)cc(Br)cc4C)cc3)n2)cc1.CCCCCCc1ccc(C2(c3ccc(CCCCCC)cc3)c3cc(-c4c(C)cc(Br)cc4C)ccc3-c3ccc(-c4c(C)cc(Br)cc4C)cc32)cc1. The number of halogens is 4. The van der Waals surface area contributed by atoms with E-state index in [-0.39, 0.29) is 0 Å². The molecule has 109 heavy (non-hydrogen) atoms. The summed E-state index contributed by atoms with van der Waals surface area (Å²) in [5.74, 6) is 2.03. The first-order valence-corrected chi connectivity index (χ1v) is 43.7. The first kappa shape index (κ1) is 80.9. The number of nitrogens with zero attached hydrogens (tertiary/aromatic N) is 3. The molecule has 560 valence electrons. The molecule has 11 aromatic carbocycles. The normalized spacial score (nSPS) is 12.1. The van der Waals surface area contributed by atoms with E-state index in [4.69, 9.17) is 15.0 Å². The van der Waals surface area contributed by atoms with Crippen molar-refractivity contribution in [3.05, 3.63) is 308 Å². The number of aryl methyl sites for hydroxylation is 11. The molecule has 1 aliphatic rings. The Hall–Kier alpha value is -7.65. The van der Waals surface area contributed by atoms with Gasteiger partial charge in [0, 0.05) is 34.6 Å². The van der Waals surface area contributed by atoms with Gasteiger partial charge in [0.15, 0.2) is 17.5 Å². The number of fused-ring (bicyclic) bond motifs is 3. The molecule has 0 bridgehead atoms. The van der Waals surface area contributed by atoms with Gasteiger partial charge in [0.05, 0.1) is 5.41 Å². The second-order valence-corrected chi connectivity index (χ2v) is 34.7. The molecule has 13 rings (SSSR count). The van der Waals surface area contributed by atoms with E-state index in [0.29, 0.717) is 17.5 Å². The highest BCUT2D eigenvalue weighted by atomic mass is 79.9. The lowest BCUT2D eigenvalue weighted by Crippen LogP contribution is -2.29. The second kappa shape index (κ2) is 38.0. The zero-order valence-corrected chi connectivity index (χ0v) is 72.7. The molecule has 0 atom stereocenters. The van der Waals surface area contributed by atoms with Gasteiger partial charge in [-0.3, -0.25) is 0 Å². The van der Waals surface area contributed by atoms with E-state index in [1.807, 2.05) is 0 Å². The summed E-state index contributed by atoms with van der Waals surface area (Å²) in [5, 5.41) is 0. The van der Waals surface area contributed by atoms with Crippen LogP contribution in [-0.4, -0.2) is 15.0 Å². The molecule has 0 saturated carbocycles. The fourth-order valence-electron chi connectivity index (χ4n) is 17.2. The Morgan fingerprint density at radius 1 is 0.239 bits per heavy atom. The fraction of sp³-hybridized carbons (Fsp3) is 0.324. The van der Waals surface area contributed by atoms with Gasteiger partial charge in [-0.2, -0.15) is 0 Å². The maximum absolute atomic E-state index is 5.07. The molecule has 1 aromatic heterocycles. The van der Waals surface area contributed by atoms with Gasteiger partial charge in [0.25, 0.3) is 0 Å². The van der Waals surface area contributed by atoms with Gasteiger partial charge < -0.3 is 0 Å². The first-order chi connectivity index (χ1) is 52.8. The van der Waals surface area contributed by atoms with E-state index in [1.165, 1.54) is 255 Å². The number of unbranched alkanes of at least 4 members (excludes halogenated alkanes) is 15. The summed E-state index contributed by atoms with van der Waals surface area (Å²) in [7, 11) is 0. The molecule has 7 heteroatoms. The van der Waals surface area contributed by atoms with Gasteiger partial charge in [0.1, 0.15) is 0 Å². The van der Waals surface area contributed by atoms with Gasteiger partial charge in [0.2, 0.25) is 0 Å². The van der Waals surface area contributed by atoms with Crippen LogP contribution < -0.4 is 0 Å². The van der Waals surface area contributed by atoms with Gasteiger partial charge in [-0.15, -0.1) is 0 Å². The Morgan fingerprint density at radius 2 is 0.459 bits per heavy atom. The minimum absolute atomic E-state index is 0.494. The van der Waals surface area contributed by atoms with Gasteiger partial charge in [-0.1, -0.05) is 326 Å². The summed E-state index contributed by atoms with van der Waals surface area (Å²) >= 11 is 14.8. The van der Waals surface area contributed by atoms with Gasteiger partial charge in [-0.25, -0.2) is 15.0 Å². The lowest BCUT2D eigenvalue weighted by molar-refractivity contribution is 0.556. The summed E-state index contributed by atoms with van der Waals surface area (Å²) < 4.78 is 4.46. The predicted octanol–water partition coefficient (Wildman–Crippen LogP) is 31.8. The zero-order chi connectivity index (χ0) is 76.7. The Morgan fingerprint density at radius 3 is 0.743 bits per heavy atom. The van der Waals surface area contributed by atoms with E-state index < -0.39 is 5.41 Å². The van der Waals surface area contributed by atoms with Crippen molar-refractivity contribution in [1.82, 2.24) is 15.0 Å². The topological polar surface area (TPSA) is 38.7 Å². The summed E-state index contributed by atoms with van der Waals surface area (Å²) in [4.78, 5) is 15.2. The first-order valence-electron chi connectivity index (χ1n) is 40.5. The number of rotatable bonds is 30. The van der Waals surface area contributed by atoms with Crippen LogP contribution in [0.3, 0.4) is 0 Å². The van der Waals surface area contributed by atoms with E-state index in [9.17, 15) is 0 Å². The van der Waals surface area contributed by atoms with Crippen molar-refractivity contribution < 1.29 is 0 Å². The molecule has 3 nitrogen and oxygen atoms in total. The Balaban J connectivity index is 0.000000203. The lowest BCUT2D eigenvalue weighted by atomic mass is 9.66. The molecule has 0 unspecified atom stereocenters. The van der Waals surface area contributed by atoms with Crippen LogP contribution in [0.2, 0.25) is 0 Å². The summed E-state index contributed by atoms with van der Waals surface area (Å²) in [6.45, 7) is 24.5. The third kappa shape index (κ3) is 19.3. The zero-order valence-electron chi connectivity index (χ0n) is 66.3. The minimum atomic E-state index is -0.494. The third-order valence-corrected chi connectivity index (χ3v) is 24.5. The van der Waals surface area contributed by atoms with Crippen LogP contribution in [0.5, 0.6) is 0 Å². The molecular formula is C102H109Br4N3. The molecule has 1 heterocycles. The van der Waals surface area contributed by atoms with Crippen molar-refractivity contribution in [2.45, 2.75) is 216 Å². The van der Waals surface area contributed by atoms with Crippen molar-refractivity contribution in [3.63, 3.8) is 0 Å². The molecular weight excluding hydrogens is 1590 g/mol. The smallest absolute Gasteiger partial charge is 0.164 e. The van der Waals surface area contributed by atoms with Crippen molar-refractivity contribution >= 4 is 63.7 Å². The summed E-state index contributed by atoms with van der Waals surface area (Å²) in [6.07, 6.45) is 27.1. The maximum atomic E-state index is 5.07. The van der Waals surface area contributed by atoms with Crippen LogP contribution in [0.1, 0.15) is 220 Å². The van der Waals surface area contributed by atoms with E-state index in [0.717, 1.165) is 53.8 Å². The molecule has 0 amide bonds. The van der Waals surface area contributed by atoms with E-state index in [2.05, 4.69) is 346 Å². The van der Waals surface area contributed by atoms with E-state index >= 15 is 0 Å². The Kier molecular flexibility index (Phi) is 28.2. The van der Waals surface area contributed by atoms with Crippen molar-refractivity contribution in [2.75, 3.05) is 0 Å².